The number of ketones is 1. The third kappa shape index (κ3) is 2.22. The summed E-state index contributed by atoms with van der Waals surface area (Å²) in [7, 11) is 0. The maximum atomic E-state index is 12.8. The van der Waals surface area contributed by atoms with Crippen molar-refractivity contribution >= 4 is 5.78 Å². The quantitative estimate of drug-likeness (QED) is 0.577. The van der Waals surface area contributed by atoms with E-state index in [0.29, 0.717) is 0 Å². The van der Waals surface area contributed by atoms with Gasteiger partial charge in [-0.15, -0.1) is 0 Å². The zero-order valence-electron chi connectivity index (χ0n) is 11.5. The molecule has 21 heavy (non-hydrogen) atoms. The third-order valence-corrected chi connectivity index (χ3v) is 4.34. The number of ether oxygens (including phenoxy) is 1. The summed E-state index contributed by atoms with van der Waals surface area (Å²) >= 11 is 0. The fraction of sp³-hybridized carbons (Fsp3) is 0.222. The molecule has 1 fully saturated rings. The van der Waals surface area contributed by atoms with Crippen molar-refractivity contribution in [1.29, 1.82) is 0 Å². The minimum absolute atomic E-state index is 0. The van der Waals surface area contributed by atoms with Crippen LogP contribution in [0.3, 0.4) is 0 Å². The summed E-state index contributed by atoms with van der Waals surface area (Å²) in [5, 5.41) is 0. The van der Waals surface area contributed by atoms with Gasteiger partial charge in [0.25, 0.3) is 0 Å². The summed E-state index contributed by atoms with van der Waals surface area (Å²) in [4.78, 5) is 12.8. The molecule has 0 radical (unpaired) electrons. The molecule has 1 aliphatic heterocycles. The SMILES string of the molecule is [CH2-]C1CC2c3ccccc3C(=O)c3ccccc3C2O1.[W]. The van der Waals surface area contributed by atoms with Crippen molar-refractivity contribution in [2.75, 3.05) is 0 Å². The van der Waals surface area contributed by atoms with Gasteiger partial charge < -0.3 is 11.7 Å². The van der Waals surface area contributed by atoms with E-state index in [-0.39, 0.29) is 45.0 Å². The molecule has 2 aliphatic rings. The van der Waals surface area contributed by atoms with Gasteiger partial charge in [-0.3, -0.25) is 4.79 Å². The van der Waals surface area contributed by atoms with E-state index in [9.17, 15) is 4.79 Å². The van der Waals surface area contributed by atoms with Gasteiger partial charge in [0, 0.05) is 38.1 Å². The van der Waals surface area contributed by atoms with Gasteiger partial charge in [-0.25, -0.2) is 0 Å². The van der Waals surface area contributed by atoms with Crippen LogP contribution in [0.2, 0.25) is 0 Å². The van der Waals surface area contributed by atoms with Gasteiger partial charge in [0.1, 0.15) is 0 Å². The Kier molecular flexibility index (Phi) is 3.85. The molecule has 1 saturated heterocycles. The van der Waals surface area contributed by atoms with Crippen molar-refractivity contribution in [3.8, 4) is 0 Å². The van der Waals surface area contributed by atoms with Crippen LogP contribution in [0.5, 0.6) is 0 Å². The summed E-state index contributed by atoms with van der Waals surface area (Å²) < 4.78 is 6.01. The van der Waals surface area contributed by atoms with Crippen LogP contribution in [0, 0.1) is 6.92 Å². The Morgan fingerprint density at radius 2 is 1.52 bits per heavy atom. The second kappa shape index (κ2) is 5.51. The summed E-state index contributed by atoms with van der Waals surface area (Å²) in [5.41, 5.74) is 3.68. The number of carbonyl (C=O) groups is 1. The zero-order chi connectivity index (χ0) is 13.7. The van der Waals surface area contributed by atoms with Crippen molar-refractivity contribution in [3.05, 3.63) is 77.7 Å². The predicted octanol–water partition coefficient (Wildman–Crippen LogP) is 3.68. The van der Waals surface area contributed by atoms with Gasteiger partial charge in [0.15, 0.2) is 5.78 Å². The second-order valence-electron chi connectivity index (χ2n) is 5.52. The van der Waals surface area contributed by atoms with E-state index in [1.165, 1.54) is 0 Å². The first-order valence-corrected chi connectivity index (χ1v) is 6.97. The number of fused-ring (bicyclic) bond motifs is 5. The van der Waals surface area contributed by atoms with Crippen LogP contribution >= 0.6 is 0 Å². The van der Waals surface area contributed by atoms with Gasteiger partial charge in [-0.2, -0.15) is 0 Å². The van der Waals surface area contributed by atoms with Gasteiger partial charge in [0.2, 0.25) is 0 Å². The smallest absolute Gasteiger partial charge is 0.193 e. The van der Waals surface area contributed by atoms with E-state index >= 15 is 0 Å². The molecule has 1 heterocycles. The van der Waals surface area contributed by atoms with E-state index in [4.69, 9.17) is 4.74 Å². The van der Waals surface area contributed by atoms with E-state index in [1.54, 1.807) is 0 Å². The average molecular weight is 447 g/mol. The Labute approximate surface area is 138 Å². The first-order chi connectivity index (χ1) is 9.75. The van der Waals surface area contributed by atoms with E-state index < -0.39 is 0 Å². The summed E-state index contributed by atoms with van der Waals surface area (Å²) in [6.45, 7) is 4.05. The largest absolute Gasteiger partial charge is 0.402 e. The molecule has 0 amide bonds. The Bertz CT molecular complexity index is 638. The summed E-state index contributed by atoms with van der Waals surface area (Å²) in [6.07, 6.45) is 0.796. The first-order valence-electron chi connectivity index (χ1n) is 6.97. The predicted molar refractivity (Wildman–Crippen MR) is 76.6 cm³/mol. The molecule has 0 bridgehead atoms. The van der Waals surface area contributed by atoms with Crippen LogP contribution < -0.4 is 0 Å². The molecule has 4 rings (SSSR count). The fourth-order valence-electron chi connectivity index (χ4n) is 3.47. The topological polar surface area (TPSA) is 26.3 Å². The first kappa shape index (κ1) is 14.7. The van der Waals surface area contributed by atoms with Gasteiger partial charge in [0.05, 0.1) is 6.10 Å². The Morgan fingerprint density at radius 1 is 0.952 bits per heavy atom. The fourth-order valence-corrected chi connectivity index (χ4v) is 3.47. The average Bonchev–Trinajstić information content (AvgIpc) is 2.84. The third-order valence-electron chi connectivity index (χ3n) is 4.34. The standard InChI is InChI=1S/C18H15O2.W/c1-11-10-16-12-6-2-3-7-13(12)17(19)14-8-4-5-9-15(14)18(16)20-11;/h2-9,11,16,18H,1,10H2;/q-1;. The van der Waals surface area contributed by atoms with Crippen molar-refractivity contribution < 1.29 is 30.6 Å². The Balaban J connectivity index is 0.00000132. The molecule has 106 valence electrons. The molecule has 2 aromatic rings. The van der Waals surface area contributed by atoms with Crippen molar-refractivity contribution in [2.45, 2.75) is 24.5 Å². The van der Waals surface area contributed by atoms with E-state index in [2.05, 4.69) is 13.0 Å². The molecule has 0 saturated carbocycles. The van der Waals surface area contributed by atoms with Crippen LogP contribution in [0.4, 0.5) is 0 Å². The minimum Gasteiger partial charge on any atom is -0.402 e. The molecule has 3 unspecified atom stereocenters. The minimum atomic E-state index is -0.0544. The normalized spacial score (nSPS) is 26.1. The summed E-state index contributed by atoms with van der Waals surface area (Å²) in [6, 6.07) is 15.7. The van der Waals surface area contributed by atoms with Crippen LogP contribution in [-0.4, -0.2) is 11.9 Å². The van der Waals surface area contributed by atoms with Crippen molar-refractivity contribution in [2.24, 2.45) is 0 Å². The molecular formula is C18H15O2W-. The van der Waals surface area contributed by atoms with E-state index in [0.717, 1.165) is 28.7 Å². The number of benzene rings is 2. The van der Waals surface area contributed by atoms with Gasteiger partial charge in [-0.05, 0) is 17.5 Å². The van der Waals surface area contributed by atoms with E-state index in [1.807, 2.05) is 42.5 Å². The molecular weight excluding hydrogens is 432 g/mol. The number of hydrogen-bond donors (Lipinski definition) is 0. The molecule has 3 heteroatoms. The maximum Gasteiger partial charge on any atom is 0.193 e. The Hall–Kier alpha value is -1.24. The number of carbonyl (C=O) groups excluding carboxylic acids is 1. The van der Waals surface area contributed by atoms with Gasteiger partial charge in [-0.1, -0.05) is 54.6 Å². The van der Waals surface area contributed by atoms with Crippen LogP contribution in [0.1, 0.15) is 45.5 Å². The Morgan fingerprint density at radius 3 is 2.24 bits per heavy atom. The molecule has 0 spiro atoms. The van der Waals surface area contributed by atoms with Crippen LogP contribution in [0.15, 0.2) is 48.5 Å². The molecule has 0 N–H and O–H groups in total. The molecule has 0 aromatic heterocycles. The van der Waals surface area contributed by atoms with Crippen LogP contribution in [-0.2, 0) is 25.8 Å². The molecule has 3 atom stereocenters. The second-order valence-corrected chi connectivity index (χ2v) is 5.52. The monoisotopic (exact) mass is 447 g/mol. The number of hydrogen-bond acceptors (Lipinski definition) is 2. The zero-order valence-corrected chi connectivity index (χ0v) is 14.4. The molecule has 2 aromatic carbocycles. The van der Waals surface area contributed by atoms with Crippen molar-refractivity contribution in [3.63, 3.8) is 0 Å². The maximum absolute atomic E-state index is 12.8. The number of rotatable bonds is 0. The summed E-state index contributed by atoms with van der Waals surface area (Å²) in [5.74, 6) is 0.330. The molecule has 1 aliphatic carbocycles. The van der Waals surface area contributed by atoms with Crippen molar-refractivity contribution in [1.82, 2.24) is 0 Å². The molecule has 2 nitrogen and oxygen atoms in total. The van der Waals surface area contributed by atoms with Gasteiger partial charge >= 0.3 is 0 Å². The van der Waals surface area contributed by atoms with Crippen LogP contribution in [0.25, 0.3) is 0 Å².